The number of aryl methyl sites for hydroxylation is 1. The van der Waals surface area contributed by atoms with Crippen LogP contribution in [0.4, 0.5) is 5.69 Å². The van der Waals surface area contributed by atoms with Crippen LogP contribution in [0.3, 0.4) is 0 Å². The average Bonchev–Trinajstić information content (AvgIpc) is 3.47. The van der Waals surface area contributed by atoms with E-state index in [9.17, 15) is 22.8 Å². The van der Waals surface area contributed by atoms with Gasteiger partial charge in [-0.1, -0.05) is 18.2 Å². The van der Waals surface area contributed by atoms with E-state index >= 15 is 0 Å². The Hall–Kier alpha value is -3.40. The quantitative estimate of drug-likeness (QED) is 0.560. The monoisotopic (exact) mass is 482 g/mol. The van der Waals surface area contributed by atoms with Crippen molar-refractivity contribution in [3.63, 3.8) is 0 Å². The molecule has 3 heterocycles. The fourth-order valence-electron chi connectivity index (χ4n) is 5.01. The van der Waals surface area contributed by atoms with Gasteiger partial charge in [0.05, 0.1) is 21.5 Å². The molecule has 2 aliphatic heterocycles. The smallest absolute Gasteiger partial charge is 0.331 e. The van der Waals surface area contributed by atoms with E-state index in [1.54, 1.807) is 17.0 Å². The van der Waals surface area contributed by atoms with Gasteiger partial charge >= 0.3 is 5.69 Å². The first-order valence-electron chi connectivity index (χ1n) is 11.3. The van der Waals surface area contributed by atoms with Crippen LogP contribution in [0.5, 0.6) is 0 Å². The molecule has 10 heteroatoms. The summed E-state index contributed by atoms with van der Waals surface area (Å²) in [5.41, 5.74) is 0.614. The van der Waals surface area contributed by atoms with Crippen LogP contribution >= 0.6 is 0 Å². The highest BCUT2D eigenvalue weighted by Crippen LogP contribution is 2.36. The lowest BCUT2D eigenvalue weighted by Crippen LogP contribution is -2.44. The minimum atomic E-state index is -3.96. The number of fused-ring (bicyclic) bond motifs is 2. The van der Waals surface area contributed by atoms with Crippen LogP contribution in [0.25, 0.3) is 10.9 Å². The lowest BCUT2D eigenvalue weighted by atomic mass is 10.1. The summed E-state index contributed by atoms with van der Waals surface area (Å²) in [5, 5.41) is 0.0810. The number of aromatic nitrogens is 2. The highest BCUT2D eigenvalue weighted by molar-refractivity contribution is 7.92. The van der Waals surface area contributed by atoms with E-state index in [1.807, 2.05) is 19.1 Å². The van der Waals surface area contributed by atoms with Gasteiger partial charge in [-0.15, -0.1) is 0 Å². The predicted molar refractivity (Wildman–Crippen MR) is 129 cm³/mol. The normalized spacial score (nSPS) is 18.0. The van der Waals surface area contributed by atoms with Gasteiger partial charge in [-0.25, -0.2) is 13.2 Å². The van der Waals surface area contributed by atoms with Gasteiger partial charge in [0.1, 0.15) is 6.54 Å². The molecule has 1 fully saturated rings. The predicted octanol–water partition coefficient (Wildman–Crippen LogP) is 1.46. The average molecular weight is 483 g/mol. The molecule has 2 aromatic carbocycles. The Morgan fingerprint density at radius 3 is 2.50 bits per heavy atom. The number of likely N-dealkylation sites (tertiary alicyclic amines) is 1. The molecule has 1 unspecified atom stereocenters. The lowest BCUT2D eigenvalue weighted by Gasteiger charge is -2.24. The number of amides is 1. The third-order valence-electron chi connectivity index (χ3n) is 6.78. The molecule has 5 rings (SSSR count). The van der Waals surface area contributed by atoms with Crippen LogP contribution in [0.1, 0.15) is 25.3 Å². The van der Waals surface area contributed by atoms with E-state index < -0.39 is 21.3 Å². The number of anilines is 1. The Bertz CT molecular complexity index is 1530. The number of hydrogen-bond acceptors (Lipinski definition) is 5. The standard InChI is InChI=1S/C24H26N4O5S/c1-16-13-17-7-3-4-8-20(17)28(16)34(32,33)18-9-10-21-19(14-18)23(30)27(24(31)25(21)2)15-22(29)26-11-5-6-12-26/h3-4,7-10,14,16H,5-6,11-13,15H2,1-2H3. The molecule has 2 aliphatic rings. The maximum absolute atomic E-state index is 13.6. The molecule has 3 aromatic rings. The van der Waals surface area contributed by atoms with Crippen molar-refractivity contribution < 1.29 is 13.2 Å². The van der Waals surface area contributed by atoms with Crippen molar-refractivity contribution in [3.8, 4) is 0 Å². The summed E-state index contributed by atoms with van der Waals surface area (Å²) in [4.78, 5) is 40.4. The van der Waals surface area contributed by atoms with Gasteiger partial charge in [0, 0.05) is 26.2 Å². The molecule has 0 saturated carbocycles. The van der Waals surface area contributed by atoms with E-state index in [4.69, 9.17) is 0 Å². The SMILES string of the molecule is CC1Cc2ccccc2N1S(=O)(=O)c1ccc2c(c1)c(=O)n(CC(=O)N1CCCC1)c(=O)n2C. The van der Waals surface area contributed by atoms with Gasteiger partial charge in [-0.3, -0.25) is 23.0 Å². The second kappa shape index (κ2) is 8.12. The molecule has 0 spiro atoms. The highest BCUT2D eigenvalue weighted by Gasteiger charge is 2.36. The molecule has 1 amide bonds. The summed E-state index contributed by atoms with van der Waals surface area (Å²) < 4.78 is 30.8. The summed E-state index contributed by atoms with van der Waals surface area (Å²) in [7, 11) is -2.45. The molecule has 0 aliphatic carbocycles. The van der Waals surface area contributed by atoms with E-state index in [0.717, 1.165) is 23.0 Å². The van der Waals surface area contributed by atoms with Crippen molar-refractivity contribution >= 4 is 32.5 Å². The van der Waals surface area contributed by atoms with Crippen molar-refractivity contribution in [3.05, 3.63) is 68.9 Å². The second-order valence-electron chi connectivity index (χ2n) is 8.98. The third-order valence-corrected chi connectivity index (χ3v) is 8.70. The molecular weight excluding hydrogens is 456 g/mol. The van der Waals surface area contributed by atoms with Crippen molar-refractivity contribution in [1.82, 2.24) is 14.0 Å². The molecule has 0 bridgehead atoms. The van der Waals surface area contributed by atoms with Crippen LogP contribution in [0.2, 0.25) is 0 Å². The zero-order valence-electron chi connectivity index (χ0n) is 19.1. The third kappa shape index (κ3) is 3.44. The van der Waals surface area contributed by atoms with Crippen LogP contribution in [-0.2, 0) is 34.8 Å². The van der Waals surface area contributed by atoms with Gasteiger partial charge < -0.3 is 4.90 Å². The van der Waals surface area contributed by atoms with Crippen LogP contribution in [0.15, 0.2) is 56.9 Å². The molecule has 9 nitrogen and oxygen atoms in total. The Morgan fingerprint density at radius 1 is 1.06 bits per heavy atom. The Morgan fingerprint density at radius 2 is 1.76 bits per heavy atom. The topological polar surface area (TPSA) is 102 Å². The van der Waals surface area contributed by atoms with Crippen molar-refractivity contribution in [2.24, 2.45) is 7.05 Å². The number of nitrogens with zero attached hydrogens (tertiary/aromatic N) is 4. The number of sulfonamides is 1. The summed E-state index contributed by atoms with van der Waals surface area (Å²) >= 11 is 0. The number of carbonyl (C=O) groups excluding carboxylic acids is 1. The first-order chi connectivity index (χ1) is 16.2. The summed E-state index contributed by atoms with van der Waals surface area (Å²) in [6.45, 7) is 2.70. The Kier molecular flexibility index (Phi) is 5.35. The zero-order chi connectivity index (χ0) is 24.2. The van der Waals surface area contributed by atoms with Crippen molar-refractivity contribution in [2.75, 3.05) is 17.4 Å². The molecule has 0 radical (unpaired) electrons. The fourth-order valence-corrected chi connectivity index (χ4v) is 6.73. The lowest BCUT2D eigenvalue weighted by molar-refractivity contribution is -0.130. The molecule has 1 atom stereocenters. The molecule has 0 N–H and O–H groups in total. The highest BCUT2D eigenvalue weighted by atomic mass is 32.2. The van der Waals surface area contributed by atoms with Crippen LogP contribution in [-0.4, -0.2) is 47.5 Å². The van der Waals surface area contributed by atoms with Gasteiger partial charge in [0.15, 0.2) is 0 Å². The first-order valence-corrected chi connectivity index (χ1v) is 12.8. The van der Waals surface area contributed by atoms with E-state index in [2.05, 4.69) is 0 Å². The van der Waals surface area contributed by atoms with Crippen molar-refractivity contribution in [1.29, 1.82) is 0 Å². The van der Waals surface area contributed by atoms with E-state index in [1.165, 1.54) is 34.1 Å². The van der Waals surface area contributed by atoms with E-state index in [0.29, 0.717) is 30.7 Å². The van der Waals surface area contributed by atoms with Gasteiger partial charge in [-0.2, -0.15) is 0 Å². The molecular formula is C24H26N4O5S. The van der Waals surface area contributed by atoms with E-state index in [-0.39, 0.29) is 28.8 Å². The Balaban J connectivity index is 1.61. The number of hydrogen-bond donors (Lipinski definition) is 0. The van der Waals surface area contributed by atoms with Crippen LogP contribution in [0, 0.1) is 0 Å². The number of rotatable bonds is 4. The zero-order valence-corrected chi connectivity index (χ0v) is 19.9. The molecule has 1 saturated heterocycles. The summed E-state index contributed by atoms with van der Waals surface area (Å²) in [6.07, 6.45) is 2.40. The Labute approximate surface area is 196 Å². The summed E-state index contributed by atoms with van der Waals surface area (Å²) in [6, 6.07) is 11.3. The minimum absolute atomic E-state index is 0.0308. The minimum Gasteiger partial charge on any atom is -0.341 e. The molecule has 178 valence electrons. The van der Waals surface area contributed by atoms with Gasteiger partial charge in [0.2, 0.25) is 5.91 Å². The van der Waals surface area contributed by atoms with Gasteiger partial charge in [-0.05, 0) is 56.0 Å². The van der Waals surface area contributed by atoms with Crippen molar-refractivity contribution in [2.45, 2.75) is 43.7 Å². The summed E-state index contributed by atoms with van der Waals surface area (Å²) in [5.74, 6) is -0.290. The van der Waals surface area contributed by atoms with Crippen LogP contribution < -0.4 is 15.6 Å². The first kappa shape index (κ1) is 22.4. The largest absolute Gasteiger partial charge is 0.341 e. The van der Waals surface area contributed by atoms with Gasteiger partial charge in [0.25, 0.3) is 15.6 Å². The maximum atomic E-state index is 13.6. The molecule has 1 aromatic heterocycles. The maximum Gasteiger partial charge on any atom is 0.331 e. The molecule has 34 heavy (non-hydrogen) atoms. The number of benzene rings is 2. The second-order valence-corrected chi connectivity index (χ2v) is 10.8. The number of carbonyl (C=O) groups is 1. The number of para-hydroxylation sites is 1. The fraction of sp³-hybridized carbons (Fsp3) is 0.375.